The van der Waals surface area contributed by atoms with Crippen LogP contribution in [0.4, 0.5) is 0 Å². The first kappa shape index (κ1) is 16.8. The van der Waals surface area contributed by atoms with E-state index >= 15 is 0 Å². The Balaban J connectivity index is 1.54. The second-order valence-electron chi connectivity index (χ2n) is 6.97. The summed E-state index contributed by atoms with van der Waals surface area (Å²) in [6.45, 7) is 4.07. The third-order valence-electron chi connectivity index (χ3n) is 5.17. The monoisotopic (exact) mass is 348 g/mol. The molecule has 3 heterocycles. The van der Waals surface area contributed by atoms with Gasteiger partial charge in [-0.05, 0) is 54.8 Å². The molecule has 2 aromatic heterocycles. The summed E-state index contributed by atoms with van der Waals surface area (Å²) in [5.74, 6) is -0.0284. The molecule has 1 aliphatic heterocycles. The van der Waals surface area contributed by atoms with Crippen LogP contribution in [0.3, 0.4) is 0 Å². The lowest BCUT2D eigenvalue weighted by Crippen LogP contribution is -2.23. The van der Waals surface area contributed by atoms with Gasteiger partial charge in [-0.1, -0.05) is 12.1 Å². The molecule has 1 atom stereocenters. The van der Waals surface area contributed by atoms with Gasteiger partial charge in [-0.15, -0.1) is 0 Å². The van der Waals surface area contributed by atoms with E-state index in [9.17, 15) is 4.79 Å². The minimum absolute atomic E-state index is 0.0284. The van der Waals surface area contributed by atoms with Gasteiger partial charge in [0, 0.05) is 42.8 Å². The fourth-order valence-corrected chi connectivity index (χ4v) is 3.92. The third-order valence-corrected chi connectivity index (χ3v) is 5.17. The Morgan fingerprint density at radius 1 is 1.35 bits per heavy atom. The molecule has 5 nitrogen and oxygen atoms in total. The smallest absolute Gasteiger partial charge is 0.217 e. The summed E-state index contributed by atoms with van der Waals surface area (Å²) in [4.78, 5) is 21.4. The summed E-state index contributed by atoms with van der Waals surface area (Å²) in [7, 11) is 0. The fourth-order valence-electron chi connectivity index (χ4n) is 3.92. The van der Waals surface area contributed by atoms with E-state index in [4.69, 9.17) is 0 Å². The molecule has 1 saturated heterocycles. The molecule has 1 unspecified atom stereocenters. The van der Waals surface area contributed by atoms with E-state index in [2.05, 4.69) is 56.6 Å². The van der Waals surface area contributed by atoms with Crippen LogP contribution >= 0.6 is 0 Å². The number of aromatic nitrogens is 2. The molecular weight excluding hydrogens is 324 g/mol. The summed E-state index contributed by atoms with van der Waals surface area (Å²) in [6.07, 6.45) is 6.23. The molecule has 0 aliphatic carbocycles. The number of hydrogen-bond donors (Lipinski definition) is 2. The number of hydrogen-bond acceptors (Lipinski definition) is 3. The zero-order chi connectivity index (χ0) is 17.9. The molecule has 26 heavy (non-hydrogen) atoms. The zero-order valence-electron chi connectivity index (χ0n) is 15.0. The topological polar surface area (TPSA) is 61.0 Å². The Morgan fingerprint density at radius 3 is 3.15 bits per heavy atom. The van der Waals surface area contributed by atoms with Crippen LogP contribution in [0.2, 0.25) is 0 Å². The standard InChI is InChI=1S/C21H24N4O/c1-15(26)24-13-18-12-16(7-9-22-18)21-6-3-11-25(21)14-17-4-2-5-20-19(17)8-10-23-20/h2,4-5,7-10,12,21,23H,3,6,11,13-14H2,1H3,(H,24,26). The van der Waals surface area contributed by atoms with Crippen molar-refractivity contribution in [2.45, 2.75) is 38.9 Å². The van der Waals surface area contributed by atoms with Gasteiger partial charge in [-0.3, -0.25) is 14.7 Å². The van der Waals surface area contributed by atoms with Crippen molar-refractivity contribution < 1.29 is 4.79 Å². The van der Waals surface area contributed by atoms with Crippen molar-refractivity contribution in [1.82, 2.24) is 20.2 Å². The summed E-state index contributed by atoms with van der Waals surface area (Å²) < 4.78 is 0. The second kappa shape index (κ2) is 7.30. The van der Waals surface area contributed by atoms with Gasteiger partial charge in [0.05, 0.1) is 12.2 Å². The number of nitrogens with zero attached hydrogens (tertiary/aromatic N) is 2. The molecule has 2 N–H and O–H groups in total. The van der Waals surface area contributed by atoms with E-state index in [1.54, 1.807) is 0 Å². The average molecular weight is 348 g/mol. The normalized spacial score (nSPS) is 17.7. The molecule has 4 rings (SSSR count). The molecule has 0 bridgehead atoms. The summed E-state index contributed by atoms with van der Waals surface area (Å²) in [6, 6.07) is 13.3. The van der Waals surface area contributed by atoms with Crippen LogP contribution in [0, 0.1) is 0 Å². The number of amides is 1. The highest BCUT2D eigenvalue weighted by atomic mass is 16.1. The number of nitrogens with one attached hydrogen (secondary N) is 2. The molecule has 0 radical (unpaired) electrons. The maximum Gasteiger partial charge on any atom is 0.217 e. The SMILES string of the molecule is CC(=O)NCc1cc(C2CCCN2Cc2cccc3[nH]ccc23)ccn1. The average Bonchev–Trinajstić information content (AvgIpc) is 3.30. The number of carbonyl (C=O) groups is 1. The Morgan fingerprint density at radius 2 is 2.27 bits per heavy atom. The number of fused-ring (bicyclic) bond motifs is 1. The lowest BCUT2D eigenvalue weighted by Gasteiger charge is -2.25. The van der Waals surface area contributed by atoms with E-state index in [0.717, 1.165) is 25.2 Å². The van der Waals surface area contributed by atoms with Gasteiger partial charge in [-0.2, -0.15) is 0 Å². The number of benzene rings is 1. The predicted octanol–water partition coefficient (Wildman–Crippen LogP) is 3.54. The number of pyridine rings is 1. The first-order valence-corrected chi connectivity index (χ1v) is 9.19. The van der Waals surface area contributed by atoms with Crippen LogP contribution < -0.4 is 5.32 Å². The molecule has 0 saturated carbocycles. The number of aromatic amines is 1. The minimum Gasteiger partial charge on any atom is -0.361 e. The maximum absolute atomic E-state index is 11.1. The highest BCUT2D eigenvalue weighted by molar-refractivity contribution is 5.82. The number of H-pyrrole nitrogens is 1. The van der Waals surface area contributed by atoms with Gasteiger partial charge in [0.15, 0.2) is 0 Å². The van der Waals surface area contributed by atoms with Crippen molar-refractivity contribution in [2.75, 3.05) is 6.54 Å². The first-order chi connectivity index (χ1) is 12.7. The van der Waals surface area contributed by atoms with E-state index in [1.807, 2.05) is 12.4 Å². The van der Waals surface area contributed by atoms with Crippen LogP contribution in [0.1, 0.15) is 42.6 Å². The number of likely N-dealkylation sites (tertiary alicyclic amines) is 1. The van der Waals surface area contributed by atoms with Crippen LogP contribution in [0.25, 0.3) is 10.9 Å². The molecule has 3 aromatic rings. The zero-order valence-corrected chi connectivity index (χ0v) is 15.0. The van der Waals surface area contributed by atoms with Gasteiger partial charge in [0.1, 0.15) is 0 Å². The molecule has 0 spiro atoms. The van der Waals surface area contributed by atoms with Crippen molar-refractivity contribution in [3.8, 4) is 0 Å². The van der Waals surface area contributed by atoms with Gasteiger partial charge in [-0.25, -0.2) is 0 Å². The van der Waals surface area contributed by atoms with E-state index in [1.165, 1.54) is 35.4 Å². The lowest BCUT2D eigenvalue weighted by atomic mass is 10.0. The van der Waals surface area contributed by atoms with Gasteiger partial charge in [0.25, 0.3) is 0 Å². The van der Waals surface area contributed by atoms with Crippen LogP contribution in [-0.4, -0.2) is 27.3 Å². The van der Waals surface area contributed by atoms with Crippen molar-refractivity contribution in [3.63, 3.8) is 0 Å². The van der Waals surface area contributed by atoms with E-state index in [0.29, 0.717) is 12.6 Å². The van der Waals surface area contributed by atoms with Crippen molar-refractivity contribution >= 4 is 16.8 Å². The minimum atomic E-state index is -0.0284. The summed E-state index contributed by atoms with van der Waals surface area (Å²) >= 11 is 0. The Labute approximate surface area is 153 Å². The van der Waals surface area contributed by atoms with E-state index < -0.39 is 0 Å². The number of carbonyl (C=O) groups excluding carboxylic acids is 1. The Bertz CT molecular complexity index is 917. The third kappa shape index (κ3) is 3.48. The highest BCUT2D eigenvalue weighted by Gasteiger charge is 2.26. The molecule has 5 heteroatoms. The summed E-state index contributed by atoms with van der Waals surface area (Å²) in [5, 5.41) is 4.13. The van der Waals surface area contributed by atoms with E-state index in [-0.39, 0.29) is 5.91 Å². The second-order valence-corrected chi connectivity index (χ2v) is 6.97. The van der Waals surface area contributed by atoms with Crippen molar-refractivity contribution in [3.05, 3.63) is 65.6 Å². The Hall–Kier alpha value is -2.66. The molecule has 1 aliphatic rings. The molecule has 134 valence electrons. The quantitative estimate of drug-likeness (QED) is 0.741. The highest BCUT2D eigenvalue weighted by Crippen LogP contribution is 2.34. The fraction of sp³-hybridized carbons (Fsp3) is 0.333. The summed E-state index contributed by atoms with van der Waals surface area (Å²) in [5.41, 5.74) is 4.76. The van der Waals surface area contributed by atoms with Crippen LogP contribution in [0.5, 0.6) is 0 Å². The molecular formula is C21H24N4O. The van der Waals surface area contributed by atoms with Gasteiger partial charge >= 0.3 is 0 Å². The molecule has 1 amide bonds. The Kier molecular flexibility index (Phi) is 4.71. The largest absolute Gasteiger partial charge is 0.361 e. The predicted molar refractivity (Wildman–Crippen MR) is 102 cm³/mol. The molecule has 1 aromatic carbocycles. The maximum atomic E-state index is 11.1. The van der Waals surface area contributed by atoms with Crippen LogP contribution in [-0.2, 0) is 17.9 Å². The number of rotatable bonds is 5. The van der Waals surface area contributed by atoms with Gasteiger partial charge < -0.3 is 10.3 Å². The first-order valence-electron chi connectivity index (χ1n) is 9.19. The van der Waals surface area contributed by atoms with Crippen molar-refractivity contribution in [2.24, 2.45) is 0 Å². The van der Waals surface area contributed by atoms with Gasteiger partial charge in [0.2, 0.25) is 5.91 Å². The van der Waals surface area contributed by atoms with Crippen molar-refractivity contribution in [1.29, 1.82) is 0 Å². The lowest BCUT2D eigenvalue weighted by molar-refractivity contribution is -0.119. The molecule has 1 fully saturated rings. The van der Waals surface area contributed by atoms with Crippen LogP contribution in [0.15, 0.2) is 48.8 Å².